The second-order valence-electron chi connectivity index (χ2n) is 4.43. The van der Waals surface area contributed by atoms with Gasteiger partial charge in [-0.25, -0.2) is 0 Å². The summed E-state index contributed by atoms with van der Waals surface area (Å²) >= 11 is 0. The smallest absolute Gasteiger partial charge is 0.224 e. The molecule has 0 aromatic rings. The first-order valence-electron chi connectivity index (χ1n) is 5.67. The van der Waals surface area contributed by atoms with E-state index in [0.29, 0.717) is 12.6 Å². The molecule has 2 unspecified atom stereocenters. The lowest BCUT2D eigenvalue weighted by Gasteiger charge is -2.17. The zero-order valence-electron chi connectivity index (χ0n) is 9.25. The Balaban J connectivity index is 2.22. The lowest BCUT2D eigenvalue weighted by atomic mass is 10.0. The minimum absolute atomic E-state index is 0.00310. The highest BCUT2D eigenvalue weighted by Crippen LogP contribution is 2.33. The van der Waals surface area contributed by atoms with Crippen LogP contribution >= 0.6 is 0 Å². The maximum absolute atomic E-state index is 11.6. The molecule has 3 heteroatoms. The van der Waals surface area contributed by atoms with Crippen LogP contribution in [0.2, 0.25) is 0 Å². The largest absolute Gasteiger partial charge is 0.353 e. The number of carbonyl (C=O) groups is 1. The molecule has 0 saturated heterocycles. The number of nitrogens with two attached hydrogens (primary N) is 1. The van der Waals surface area contributed by atoms with Crippen molar-refractivity contribution in [3.8, 4) is 0 Å². The van der Waals surface area contributed by atoms with Gasteiger partial charge < -0.3 is 11.1 Å². The molecule has 0 radical (unpaired) electrons. The van der Waals surface area contributed by atoms with Crippen molar-refractivity contribution in [1.29, 1.82) is 0 Å². The first-order chi connectivity index (χ1) is 6.67. The Morgan fingerprint density at radius 3 is 2.64 bits per heavy atom. The van der Waals surface area contributed by atoms with Crippen molar-refractivity contribution < 1.29 is 4.79 Å². The highest BCUT2D eigenvalue weighted by atomic mass is 16.1. The topological polar surface area (TPSA) is 55.1 Å². The van der Waals surface area contributed by atoms with Crippen LogP contribution in [0.15, 0.2) is 0 Å². The Morgan fingerprint density at radius 1 is 1.57 bits per heavy atom. The van der Waals surface area contributed by atoms with Crippen LogP contribution in [0.5, 0.6) is 0 Å². The van der Waals surface area contributed by atoms with Crippen molar-refractivity contribution in [1.82, 2.24) is 5.32 Å². The maximum atomic E-state index is 11.6. The molecule has 82 valence electrons. The normalized spacial score (nSPS) is 20.2. The molecule has 0 bridgehead atoms. The highest BCUT2D eigenvalue weighted by Gasteiger charge is 2.25. The van der Waals surface area contributed by atoms with Gasteiger partial charge >= 0.3 is 0 Å². The van der Waals surface area contributed by atoms with E-state index in [4.69, 9.17) is 5.73 Å². The molecule has 2 atom stereocenters. The summed E-state index contributed by atoms with van der Waals surface area (Å²) in [5, 5.41) is 3.03. The monoisotopic (exact) mass is 198 g/mol. The van der Waals surface area contributed by atoms with Crippen molar-refractivity contribution in [2.24, 2.45) is 17.6 Å². The quantitative estimate of drug-likeness (QED) is 0.675. The van der Waals surface area contributed by atoms with Crippen LogP contribution in [-0.2, 0) is 4.79 Å². The lowest BCUT2D eigenvalue weighted by Crippen LogP contribution is -2.39. The molecule has 1 aliphatic carbocycles. The molecule has 3 N–H and O–H groups in total. The maximum Gasteiger partial charge on any atom is 0.224 e. The molecule has 0 heterocycles. The van der Waals surface area contributed by atoms with E-state index in [2.05, 4.69) is 12.2 Å². The van der Waals surface area contributed by atoms with E-state index in [1.165, 1.54) is 12.8 Å². The molecule has 1 amide bonds. The van der Waals surface area contributed by atoms with E-state index < -0.39 is 0 Å². The minimum Gasteiger partial charge on any atom is -0.353 e. The van der Waals surface area contributed by atoms with Crippen molar-refractivity contribution >= 4 is 5.91 Å². The number of rotatable bonds is 6. The van der Waals surface area contributed by atoms with Gasteiger partial charge in [-0.15, -0.1) is 0 Å². The summed E-state index contributed by atoms with van der Waals surface area (Å²) < 4.78 is 0. The van der Waals surface area contributed by atoms with E-state index in [1.807, 2.05) is 6.92 Å². The summed E-state index contributed by atoms with van der Waals surface area (Å²) in [6, 6.07) is 0.315. The lowest BCUT2D eigenvalue weighted by molar-refractivity contribution is -0.125. The molecule has 0 aromatic carbocycles. The highest BCUT2D eigenvalue weighted by molar-refractivity contribution is 5.79. The van der Waals surface area contributed by atoms with E-state index >= 15 is 0 Å². The van der Waals surface area contributed by atoms with Crippen molar-refractivity contribution in [2.75, 3.05) is 6.54 Å². The third-order valence-corrected chi connectivity index (χ3v) is 2.92. The predicted molar refractivity (Wildman–Crippen MR) is 57.8 cm³/mol. The van der Waals surface area contributed by atoms with E-state index in [-0.39, 0.29) is 11.8 Å². The van der Waals surface area contributed by atoms with Crippen LogP contribution in [-0.4, -0.2) is 18.5 Å². The van der Waals surface area contributed by atoms with Gasteiger partial charge in [0.2, 0.25) is 5.91 Å². The molecule has 14 heavy (non-hydrogen) atoms. The Hall–Kier alpha value is -0.570. The van der Waals surface area contributed by atoms with Crippen LogP contribution < -0.4 is 11.1 Å². The molecule has 0 spiro atoms. The van der Waals surface area contributed by atoms with Gasteiger partial charge in [0.15, 0.2) is 0 Å². The standard InChI is InChI=1S/C11H22N2O/c1-3-10(7-12)11(14)13-8(2)6-9-4-5-9/h8-10H,3-7,12H2,1-2H3,(H,13,14). The molecular weight excluding hydrogens is 176 g/mol. The van der Waals surface area contributed by atoms with Gasteiger partial charge in [-0.3, -0.25) is 4.79 Å². The minimum atomic E-state index is -0.00310. The summed E-state index contributed by atoms with van der Waals surface area (Å²) in [6.45, 7) is 4.54. The number of hydrogen-bond donors (Lipinski definition) is 2. The third kappa shape index (κ3) is 3.66. The van der Waals surface area contributed by atoms with Crippen LogP contribution in [0.3, 0.4) is 0 Å². The van der Waals surface area contributed by atoms with Crippen molar-refractivity contribution in [2.45, 2.75) is 45.6 Å². The van der Waals surface area contributed by atoms with Crippen LogP contribution in [0, 0.1) is 11.8 Å². The number of hydrogen-bond acceptors (Lipinski definition) is 2. The summed E-state index contributed by atoms with van der Waals surface area (Å²) in [7, 11) is 0. The zero-order valence-corrected chi connectivity index (χ0v) is 9.25. The average Bonchev–Trinajstić information content (AvgIpc) is 2.90. The van der Waals surface area contributed by atoms with E-state index in [0.717, 1.165) is 18.8 Å². The summed E-state index contributed by atoms with van der Waals surface area (Å²) in [4.78, 5) is 11.6. The molecule has 1 fully saturated rings. The number of amides is 1. The predicted octanol–water partition coefficient (Wildman–Crippen LogP) is 1.28. The van der Waals surface area contributed by atoms with Crippen LogP contribution in [0.25, 0.3) is 0 Å². The van der Waals surface area contributed by atoms with E-state index in [9.17, 15) is 4.79 Å². The average molecular weight is 198 g/mol. The third-order valence-electron chi connectivity index (χ3n) is 2.92. The number of nitrogens with one attached hydrogen (secondary N) is 1. The van der Waals surface area contributed by atoms with Gasteiger partial charge in [-0.2, -0.15) is 0 Å². The van der Waals surface area contributed by atoms with E-state index in [1.54, 1.807) is 0 Å². The van der Waals surface area contributed by atoms with Gasteiger partial charge in [0.05, 0.1) is 0 Å². The Morgan fingerprint density at radius 2 is 2.21 bits per heavy atom. The van der Waals surface area contributed by atoms with Crippen LogP contribution in [0.4, 0.5) is 0 Å². The summed E-state index contributed by atoms with van der Waals surface area (Å²) in [5.74, 6) is 0.989. The van der Waals surface area contributed by atoms with Gasteiger partial charge in [-0.1, -0.05) is 19.8 Å². The summed E-state index contributed by atoms with van der Waals surface area (Å²) in [6.07, 6.45) is 4.65. The Bertz CT molecular complexity index is 186. The molecule has 1 rings (SSSR count). The second-order valence-corrected chi connectivity index (χ2v) is 4.43. The molecule has 0 aliphatic heterocycles. The van der Waals surface area contributed by atoms with Gasteiger partial charge in [-0.05, 0) is 25.7 Å². The Labute approximate surface area is 86.4 Å². The van der Waals surface area contributed by atoms with Gasteiger partial charge in [0.1, 0.15) is 0 Å². The fourth-order valence-electron chi connectivity index (χ4n) is 1.73. The molecule has 0 aromatic heterocycles. The zero-order chi connectivity index (χ0) is 10.6. The SMILES string of the molecule is CCC(CN)C(=O)NC(C)CC1CC1. The fraction of sp³-hybridized carbons (Fsp3) is 0.909. The van der Waals surface area contributed by atoms with Crippen molar-refractivity contribution in [3.63, 3.8) is 0 Å². The van der Waals surface area contributed by atoms with Crippen molar-refractivity contribution in [3.05, 3.63) is 0 Å². The summed E-state index contributed by atoms with van der Waals surface area (Å²) in [5.41, 5.74) is 5.51. The molecule has 3 nitrogen and oxygen atoms in total. The molecular formula is C11H22N2O. The Kier molecular flexibility index (Phi) is 4.39. The van der Waals surface area contributed by atoms with Gasteiger partial charge in [0, 0.05) is 18.5 Å². The molecule has 1 aliphatic rings. The van der Waals surface area contributed by atoms with Crippen LogP contribution in [0.1, 0.15) is 39.5 Å². The van der Waals surface area contributed by atoms with Gasteiger partial charge in [0.25, 0.3) is 0 Å². The first-order valence-corrected chi connectivity index (χ1v) is 5.67. The fourth-order valence-corrected chi connectivity index (χ4v) is 1.73. The first kappa shape index (κ1) is 11.5. The molecule has 1 saturated carbocycles. The number of carbonyl (C=O) groups excluding carboxylic acids is 1. The second kappa shape index (κ2) is 5.35.